The highest BCUT2D eigenvalue weighted by Gasteiger charge is 2.21. The van der Waals surface area contributed by atoms with Gasteiger partial charge in [0.15, 0.2) is 19.8 Å². The topological polar surface area (TPSA) is 129 Å². The summed E-state index contributed by atoms with van der Waals surface area (Å²) in [5.41, 5.74) is 0.834. The molecule has 0 aliphatic rings. The second-order valence-electron chi connectivity index (χ2n) is 6.72. The fourth-order valence-electron chi connectivity index (χ4n) is 2.93. The summed E-state index contributed by atoms with van der Waals surface area (Å²) in [4.78, 5) is 32.7. The summed E-state index contributed by atoms with van der Waals surface area (Å²) in [5, 5.41) is 4.33. The quantitative estimate of drug-likeness (QED) is 0.389. The van der Waals surface area contributed by atoms with Crippen molar-refractivity contribution in [2.24, 2.45) is 4.99 Å². The molecule has 0 aliphatic heterocycles. The van der Waals surface area contributed by atoms with Gasteiger partial charge in [-0.2, -0.15) is 4.99 Å². The van der Waals surface area contributed by atoms with Crippen LogP contribution in [0.5, 0.6) is 5.75 Å². The van der Waals surface area contributed by atoms with E-state index in [0.717, 1.165) is 21.6 Å². The minimum Gasteiger partial charge on any atom is -0.494 e. The zero-order valence-corrected chi connectivity index (χ0v) is 20.6. The van der Waals surface area contributed by atoms with Gasteiger partial charge in [0.1, 0.15) is 17.3 Å². The number of carbonyl (C=O) groups excluding carboxylic acids is 2. The lowest BCUT2D eigenvalue weighted by atomic mass is 10.3. The molecule has 1 aromatic carbocycles. The molecular weight excluding hydrogens is 488 g/mol. The largest absolute Gasteiger partial charge is 0.494 e. The van der Waals surface area contributed by atoms with E-state index < -0.39 is 33.2 Å². The number of benzene rings is 1. The third-order valence-corrected chi connectivity index (χ3v) is 7.34. The van der Waals surface area contributed by atoms with Crippen molar-refractivity contribution in [3.05, 3.63) is 34.6 Å². The molecule has 0 fully saturated rings. The molecule has 33 heavy (non-hydrogen) atoms. The number of thiazole rings is 2. The van der Waals surface area contributed by atoms with E-state index in [2.05, 4.69) is 15.3 Å². The molecule has 2 aromatic heterocycles. The summed E-state index contributed by atoms with van der Waals surface area (Å²) >= 11 is 2.42. The highest BCUT2D eigenvalue weighted by atomic mass is 32.2. The lowest BCUT2D eigenvalue weighted by Crippen LogP contribution is -2.28. The number of hydrogen-bond donors (Lipinski definition) is 1. The van der Waals surface area contributed by atoms with E-state index in [1.54, 1.807) is 5.38 Å². The van der Waals surface area contributed by atoms with Gasteiger partial charge in [-0.3, -0.25) is 9.59 Å². The van der Waals surface area contributed by atoms with Crippen molar-refractivity contribution >= 4 is 59.7 Å². The molecule has 2 heterocycles. The van der Waals surface area contributed by atoms with Gasteiger partial charge in [0.05, 0.1) is 23.4 Å². The third-order valence-electron chi connectivity index (χ3n) is 4.22. The maximum Gasteiger partial charge on any atom is 0.263 e. The molecule has 0 saturated carbocycles. The molecule has 3 rings (SSSR count). The molecule has 1 N–H and O–H groups in total. The second kappa shape index (κ2) is 11.5. The van der Waals surface area contributed by atoms with Gasteiger partial charge >= 0.3 is 0 Å². The van der Waals surface area contributed by atoms with Crippen molar-refractivity contribution in [3.63, 3.8) is 0 Å². The average molecular weight is 513 g/mol. The van der Waals surface area contributed by atoms with E-state index in [1.807, 2.05) is 36.6 Å². The fourth-order valence-corrected chi connectivity index (χ4v) is 5.59. The molecule has 10 nitrogen and oxygen atoms in total. The van der Waals surface area contributed by atoms with Gasteiger partial charge in [0, 0.05) is 24.7 Å². The number of fused-ring (bicyclic) bond motifs is 1. The Kier molecular flexibility index (Phi) is 8.72. The Balaban J connectivity index is 1.81. The number of amides is 2. The van der Waals surface area contributed by atoms with Gasteiger partial charge in [0.2, 0.25) is 5.91 Å². The molecule has 0 aliphatic carbocycles. The first kappa shape index (κ1) is 25.0. The molecule has 2 amide bonds. The van der Waals surface area contributed by atoms with Gasteiger partial charge in [-0.1, -0.05) is 11.3 Å². The Hall–Kier alpha value is -2.61. The van der Waals surface area contributed by atoms with Crippen molar-refractivity contribution < 1.29 is 27.5 Å². The van der Waals surface area contributed by atoms with Crippen LogP contribution < -0.4 is 14.9 Å². The predicted octanol–water partition coefficient (Wildman–Crippen LogP) is 2.08. The van der Waals surface area contributed by atoms with E-state index in [1.165, 1.54) is 17.5 Å². The van der Waals surface area contributed by atoms with E-state index in [4.69, 9.17) is 9.47 Å². The first-order valence-electron chi connectivity index (χ1n) is 10.1. The lowest BCUT2D eigenvalue weighted by molar-refractivity contribution is -0.115. The number of nitrogens with zero attached hydrogens (tertiary/aromatic N) is 3. The third kappa shape index (κ3) is 7.19. The Bertz CT molecular complexity index is 1280. The average Bonchev–Trinajstić information content (AvgIpc) is 3.35. The number of anilines is 1. The van der Waals surface area contributed by atoms with Crippen molar-refractivity contribution in [1.82, 2.24) is 9.55 Å². The smallest absolute Gasteiger partial charge is 0.263 e. The molecule has 0 spiro atoms. The number of aromatic nitrogens is 2. The molecular formula is C20H24N4O6S3. The van der Waals surface area contributed by atoms with Crippen molar-refractivity contribution in [3.8, 4) is 5.75 Å². The molecule has 0 unspecified atom stereocenters. The number of carbonyl (C=O) groups is 2. The number of hydrogen-bond acceptors (Lipinski definition) is 9. The van der Waals surface area contributed by atoms with Gasteiger partial charge in [-0.25, -0.2) is 13.4 Å². The molecule has 13 heteroatoms. The minimum atomic E-state index is -4.01. The first-order chi connectivity index (χ1) is 15.8. The summed E-state index contributed by atoms with van der Waals surface area (Å²) in [6.45, 7) is 5.69. The predicted molar refractivity (Wildman–Crippen MR) is 127 cm³/mol. The van der Waals surface area contributed by atoms with Crippen LogP contribution in [0.15, 0.2) is 34.8 Å². The van der Waals surface area contributed by atoms with Crippen LogP contribution in [-0.2, 0) is 30.7 Å². The van der Waals surface area contributed by atoms with Crippen molar-refractivity contribution in [1.29, 1.82) is 0 Å². The Morgan fingerprint density at radius 2 is 2.03 bits per heavy atom. The first-order valence-corrected chi connectivity index (χ1v) is 13.6. The Labute approximate surface area is 198 Å². The van der Waals surface area contributed by atoms with Crippen LogP contribution in [0.3, 0.4) is 0 Å². The van der Waals surface area contributed by atoms with E-state index in [9.17, 15) is 18.0 Å². The Morgan fingerprint density at radius 1 is 1.21 bits per heavy atom. The molecule has 0 bridgehead atoms. The minimum absolute atomic E-state index is 0.290. The van der Waals surface area contributed by atoms with Gasteiger partial charge in [-0.15, -0.1) is 11.3 Å². The van der Waals surface area contributed by atoms with E-state index in [0.29, 0.717) is 42.0 Å². The van der Waals surface area contributed by atoms with Crippen LogP contribution in [0.1, 0.15) is 13.8 Å². The Morgan fingerprint density at radius 3 is 2.73 bits per heavy atom. The molecule has 178 valence electrons. The zero-order valence-electron chi connectivity index (χ0n) is 18.1. The summed E-state index contributed by atoms with van der Waals surface area (Å²) in [7, 11) is -4.01. The summed E-state index contributed by atoms with van der Waals surface area (Å²) in [5.74, 6) is -2.62. The van der Waals surface area contributed by atoms with Crippen LogP contribution in [0.4, 0.5) is 5.13 Å². The molecule has 0 radical (unpaired) electrons. The van der Waals surface area contributed by atoms with Gasteiger partial charge in [-0.05, 0) is 32.0 Å². The normalized spacial score (nSPS) is 12.2. The maximum atomic E-state index is 12.5. The second-order valence-corrected chi connectivity index (χ2v) is 10.7. The van der Waals surface area contributed by atoms with Crippen LogP contribution in [0, 0.1) is 0 Å². The van der Waals surface area contributed by atoms with Crippen LogP contribution in [0.2, 0.25) is 0 Å². The van der Waals surface area contributed by atoms with E-state index in [-0.39, 0.29) is 0 Å². The number of nitrogens with one attached hydrogen (secondary N) is 1. The van der Waals surface area contributed by atoms with E-state index >= 15 is 0 Å². The zero-order chi connectivity index (χ0) is 23.8. The van der Waals surface area contributed by atoms with Gasteiger partial charge < -0.3 is 19.4 Å². The van der Waals surface area contributed by atoms with Crippen LogP contribution in [-0.4, -0.2) is 61.1 Å². The van der Waals surface area contributed by atoms with Crippen molar-refractivity contribution in [2.45, 2.75) is 20.4 Å². The molecule has 0 saturated heterocycles. The monoisotopic (exact) mass is 512 g/mol. The lowest BCUT2D eigenvalue weighted by Gasteiger charge is -2.06. The number of sulfone groups is 1. The number of rotatable bonds is 11. The SMILES string of the molecule is CCOCCn1c(=NC(=O)CS(=O)(=O)CC(=O)Nc2nccs2)sc2cc(OCC)ccc21. The summed E-state index contributed by atoms with van der Waals surface area (Å²) < 4.78 is 38.3. The highest BCUT2D eigenvalue weighted by Crippen LogP contribution is 2.23. The molecule has 0 atom stereocenters. The standard InChI is InChI=1S/C20H24N4O6S3/c1-3-29-9-8-24-15-6-5-14(30-4-2)11-16(15)32-20(24)23-18(26)13-33(27,28)12-17(25)22-19-21-7-10-31-19/h5-7,10-11H,3-4,8-9,12-13H2,1-2H3,(H,21,22,25). The molecule has 3 aromatic rings. The maximum absolute atomic E-state index is 12.5. The highest BCUT2D eigenvalue weighted by molar-refractivity contribution is 7.92. The summed E-state index contributed by atoms with van der Waals surface area (Å²) in [6, 6.07) is 5.54. The van der Waals surface area contributed by atoms with Crippen LogP contribution >= 0.6 is 22.7 Å². The van der Waals surface area contributed by atoms with Crippen LogP contribution in [0.25, 0.3) is 10.2 Å². The van der Waals surface area contributed by atoms with Gasteiger partial charge in [0.25, 0.3) is 5.91 Å². The summed E-state index contributed by atoms with van der Waals surface area (Å²) in [6.07, 6.45) is 1.49. The van der Waals surface area contributed by atoms with Crippen molar-refractivity contribution in [2.75, 3.05) is 36.6 Å². The number of ether oxygens (including phenoxy) is 2. The fraction of sp³-hybridized carbons (Fsp3) is 0.400.